The van der Waals surface area contributed by atoms with Gasteiger partial charge in [0.05, 0.1) is 22.7 Å². The van der Waals surface area contributed by atoms with Crippen LogP contribution in [0, 0.1) is 0 Å². The number of alkyl halides is 6. The van der Waals surface area contributed by atoms with Crippen LogP contribution in [-0.4, -0.2) is 11.9 Å². The molecule has 0 bridgehead atoms. The molecule has 1 aliphatic heterocycles. The number of carbonyl (C=O) groups is 2. The zero-order chi connectivity index (χ0) is 23.0. The summed E-state index contributed by atoms with van der Waals surface area (Å²) in [6.45, 7) is 1.36. The molecule has 0 aromatic heterocycles. The monoisotopic (exact) mass is 443 g/mol. The molecule has 11 heteroatoms. The number of rotatable bonds is 3. The summed E-state index contributed by atoms with van der Waals surface area (Å²) in [6.07, 6.45) is -9.27. The van der Waals surface area contributed by atoms with Crippen molar-refractivity contribution in [3.63, 3.8) is 0 Å². The van der Waals surface area contributed by atoms with Gasteiger partial charge in [-0.15, -0.1) is 0 Å². The van der Waals surface area contributed by atoms with Gasteiger partial charge in [-0.3, -0.25) is 4.79 Å². The predicted molar refractivity (Wildman–Crippen MR) is 98.6 cm³/mol. The second-order valence-corrected chi connectivity index (χ2v) is 6.73. The first-order valence-electron chi connectivity index (χ1n) is 8.80. The highest BCUT2D eigenvalue weighted by Crippen LogP contribution is 2.34. The molecule has 1 unspecified atom stereocenters. The minimum absolute atomic E-state index is 0.0155. The van der Waals surface area contributed by atoms with Crippen molar-refractivity contribution in [3.8, 4) is 0 Å². The number of amides is 3. The highest BCUT2D eigenvalue weighted by molar-refractivity contribution is 6.06. The Bertz CT molecular complexity index is 1060. The SMILES string of the molecule is CC1=C(C(=O)Nc2cccc(C(F)(F)F)c2)C(c2cccc(C(F)(F)F)c2)NC(=O)N1. The molecule has 1 atom stereocenters. The average molecular weight is 443 g/mol. The number of hydrogen-bond donors (Lipinski definition) is 3. The average Bonchev–Trinajstić information content (AvgIpc) is 2.66. The van der Waals surface area contributed by atoms with E-state index in [-0.39, 0.29) is 22.5 Å². The molecule has 3 rings (SSSR count). The Morgan fingerprint density at radius 3 is 2.13 bits per heavy atom. The summed E-state index contributed by atoms with van der Waals surface area (Å²) >= 11 is 0. The zero-order valence-electron chi connectivity index (χ0n) is 15.8. The van der Waals surface area contributed by atoms with Crippen molar-refractivity contribution < 1.29 is 35.9 Å². The summed E-state index contributed by atoms with van der Waals surface area (Å²) in [5, 5.41) is 7.02. The molecule has 0 saturated carbocycles. The number of carbonyl (C=O) groups excluding carboxylic acids is 2. The van der Waals surface area contributed by atoms with Crippen molar-refractivity contribution >= 4 is 17.6 Å². The van der Waals surface area contributed by atoms with E-state index in [4.69, 9.17) is 0 Å². The summed E-state index contributed by atoms with van der Waals surface area (Å²) in [5.74, 6) is -0.883. The van der Waals surface area contributed by atoms with E-state index in [0.717, 1.165) is 36.4 Å². The Morgan fingerprint density at radius 2 is 1.52 bits per heavy atom. The van der Waals surface area contributed by atoms with Gasteiger partial charge in [0.2, 0.25) is 0 Å². The van der Waals surface area contributed by atoms with Gasteiger partial charge < -0.3 is 16.0 Å². The fourth-order valence-corrected chi connectivity index (χ4v) is 3.11. The molecule has 0 radical (unpaired) electrons. The molecule has 3 amide bonds. The van der Waals surface area contributed by atoms with Crippen LogP contribution in [0.2, 0.25) is 0 Å². The van der Waals surface area contributed by atoms with Gasteiger partial charge in [0.25, 0.3) is 5.91 Å². The number of halogens is 6. The van der Waals surface area contributed by atoms with Crippen molar-refractivity contribution in [1.82, 2.24) is 10.6 Å². The van der Waals surface area contributed by atoms with E-state index in [9.17, 15) is 35.9 Å². The van der Waals surface area contributed by atoms with Gasteiger partial charge >= 0.3 is 18.4 Å². The van der Waals surface area contributed by atoms with E-state index in [1.165, 1.54) is 19.1 Å². The highest BCUT2D eigenvalue weighted by atomic mass is 19.4. The van der Waals surface area contributed by atoms with Crippen LogP contribution in [-0.2, 0) is 17.1 Å². The minimum Gasteiger partial charge on any atom is -0.327 e. The third-order valence-corrected chi connectivity index (χ3v) is 4.51. The fourth-order valence-electron chi connectivity index (χ4n) is 3.11. The van der Waals surface area contributed by atoms with Crippen molar-refractivity contribution in [2.45, 2.75) is 25.3 Å². The normalized spacial score (nSPS) is 17.1. The van der Waals surface area contributed by atoms with Crippen LogP contribution in [0.15, 0.2) is 59.8 Å². The summed E-state index contributed by atoms with van der Waals surface area (Å²) in [6, 6.07) is 5.96. The first-order chi connectivity index (χ1) is 14.4. The molecule has 31 heavy (non-hydrogen) atoms. The van der Waals surface area contributed by atoms with Crippen LogP contribution in [0.4, 0.5) is 36.8 Å². The van der Waals surface area contributed by atoms with E-state index in [0.29, 0.717) is 0 Å². The van der Waals surface area contributed by atoms with Gasteiger partial charge in [-0.05, 0) is 42.8 Å². The molecule has 1 aliphatic rings. The van der Waals surface area contributed by atoms with Crippen LogP contribution in [0.25, 0.3) is 0 Å². The third-order valence-electron chi connectivity index (χ3n) is 4.51. The van der Waals surface area contributed by atoms with E-state index in [1.807, 2.05) is 0 Å². The molecular weight excluding hydrogens is 428 g/mol. The van der Waals surface area contributed by atoms with E-state index in [1.54, 1.807) is 0 Å². The fraction of sp³-hybridized carbons (Fsp3) is 0.200. The number of allylic oxidation sites excluding steroid dienone is 1. The molecule has 3 N–H and O–H groups in total. The maximum absolute atomic E-state index is 13.1. The summed E-state index contributed by atoms with van der Waals surface area (Å²) < 4.78 is 78.0. The van der Waals surface area contributed by atoms with E-state index >= 15 is 0 Å². The molecule has 164 valence electrons. The Hall–Kier alpha value is -3.50. The number of urea groups is 1. The van der Waals surface area contributed by atoms with E-state index in [2.05, 4.69) is 16.0 Å². The highest BCUT2D eigenvalue weighted by Gasteiger charge is 2.35. The largest absolute Gasteiger partial charge is 0.416 e. The van der Waals surface area contributed by atoms with Crippen LogP contribution < -0.4 is 16.0 Å². The molecular formula is C20H15F6N3O2. The van der Waals surface area contributed by atoms with E-state index < -0.39 is 41.5 Å². The molecule has 5 nitrogen and oxygen atoms in total. The molecule has 0 aliphatic carbocycles. The lowest BCUT2D eigenvalue weighted by atomic mass is 9.93. The van der Waals surface area contributed by atoms with Gasteiger partial charge in [0.15, 0.2) is 0 Å². The smallest absolute Gasteiger partial charge is 0.327 e. The lowest BCUT2D eigenvalue weighted by Gasteiger charge is -2.29. The van der Waals surface area contributed by atoms with Gasteiger partial charge in [-0.2, -0.15) is 26.3 Å². The Balaban J connectivity index is 1.97. The number of hydrogen-bond acceptors (Lipinski definition) is 2. The van der Waals surface area contributed by atoms with Gasteiger partial charge in [0, 0.05) is 11.4 Å². The summed E-state index contributed by atoms with van der Waals surface area (Å²) in [5.41, 5.74) is -2.24. The molecule has 0 fully saturated rings. The molecule has 2 aromatic carbocycles. The minimum atomic E-state index is -4.65. The van der Waals surface area contributed by atoms with Gasteiger partial charge in [-0.1, -0.05) is 18.2 Å². The summed E-state index contributed by atoms with van der Waals surface area (Å²) in [7, 11) is 0. The van der Waals surface area contributed by atoms with Crippen LogP contribution in [0.1, 0.15) is 29.7 Å². The van der Waals surface area contributed by atoms with Crippen molar-refractivity contribution in [3.05, 3.63) is 76.5 Å². The molecule has 0 saturated heterocycles. The third kappa shape index (κ3) is 4.98. The lowest BCUT2D eigenvalue weighted by Crippen LogP contribution is -2.46. The predicted octanol–water partition coefficient (Wildman–Crippen LogP) is 4.99. The number of anilines is 1. The van der Waals surface area contributed by atoms with Gasteiger partial charge in [0.1, 0.15) is 0 Å². The standard InChI is InChI=1S/C20H15F6N3O2/c1-10-15(17(30)28-14-7-3-6-13(9-14)20(24,25)26)16(29-18(31)27-10)11-4-2-5-12(8-11)19(21,22)23/h2-9,16H,1H3,(H,28,30)(H2,27,29,31). The topological polar surface area (TPSA) is 70.2 Å². The first kappa shape index (κ1) is 22.2. The quantitative estimate of drug-likeness (QED) is 0.585. The second-order valence-electron chi connectivity index (χ2n) is 6.73. The maximum atomic E-state index is 13.1. The van der Waals surface area contributed by atoms with Crippen molar-refractivity contribution in [2.75, 3.05) is 5.32 Å². The Labute approximate surface area is 172 Å². The zero-order valence-corrected chi connectivity index (χ0v) is 15.8. The first-order valence-corrected chi connectivity index (χ1v) is 8.80. The Morgan fingerprint density at radius 1 is 0.935 bits per heavy atom. The van der Waals surface area contributed by atoms with Crippen molar-refractivity contribution in [2.24, 2.45) is 0 Å². The van der Waals surface area contributed by atoms with Gasteiger partial charge in [-0.25, -0.2) is 4.79 Å². The number of nitrogens with one attached hydrogen (secondary N) is 3. The molecule has 0 spiro atoms. The van der Waals surface area contributed by atoms with Crippen LogP contribution in [0.5, 0.6) is 0 Å². The molecule has 1 heterocycles. The maximum Gasteiger partial charge on any atom is 0.416 e. The Kier molecular flexibility index (Phi) is 5.70. The lowest BCUT2D eigenvalue weighted by molar-refractivity contribution is -0.138. The van der Waals surface area contributed by atoms with Crippen molar-refractivity contribution in [1.29, 1.82) is 0 Å². The number of benzene rings is 2. The molecule has 2 aromatic rings. The van der Waals surface area contributed by atoms with Crippen LogP contribution in [0.3, 0.4) is 0 Å². The summed E-state index contributed by atoms with van der Waals surface area (Å²) in [4.78, 5) is 24.7. The second kappa shape index (κ2) is 7.97. The van der Waals surface area contributed by atoms with Crippen LogP contribution >= 0.6 is 0 Å².